The maximum atomic E-state index is 10.5. The first kappa shape index (κ1) is 11.1. The van der Waals surface area contributed by atoms with E-state index in [0.717, 1.165) is 0 Å². The molecular weight excluding hydrogens is 220 g/mol. The summed E-state index contributed by atoms with van der Waals surface area (Å²) < 4.78 is 5.56. The fourth-order valence-corrected chi connectivity index (χ4v) is 1.36. The van der Waals surface area contributed by atoms with Crippen molar-refractivity contribution in [2.45, 2.75) is 6.92 Å². The van der Waals surface area contributed by atoms with Crippen LogP contribution >= 0.6 is 0 Å². The molecule has 2 aromatic rings. The molecule has 0 saturated heterocycles. The van der Waals surface area contributed by atoms with Crippen LogP contribution in [0.2, 0.25) is 0 Å². The van der Waals surface area contributed by atoms with Gasteiger partial charge >= 0.3 is 5.82 Å². The summed E-state index contributed by atoms with van der Waals surface area (Å²) in [6, 6.07) is 12.1. The topological polar surface area (TPSA) is 65.3 Å². The van der Waals surface area contributed by atoms with Crippen LogP contribution in [0, 0.1) is 17.0 Å². The normalized spacial score (nSPS) is 9.94. The molecule has 0 bridgehead atoms. The Kier molecular flexibility index (Phi) is 3.00. The highest BCUT2D eigenvalue weighted by atomic mass is 16.6. The van der Waals surface area contributed by atoms with E-state index in [-0.39, 0.29) is 5.82 Å². The summed E-state index contributed by atoms with van der Waals surface area (Å²) in [4.78, 5) is 13.8. The quantitative estimate of drug-likeness (QED) is 0.600. The fraction of sp³-hybridized carbons (Fsp3) is 0.0833. The number of ether oxygens (including phenoxy) is 1. The molecule has 0 unspecified atom stereocenters. The van der Waals surface area contributed by atoms with Crippen LogP contribution in [0.25, 0.3) is 0 Å². The predicted octanol–water partition coefficient (Wildman–Crippen LogP) is 3.09. The van der Waals surface area contributed by atoms with Crippen molar-refractivity contribution in [3.8, 4) is 11.5 Å². The van der Waals surface area contributed by atoms with Crippen LogP contribution in [0.15, 0.2) is 42.5 Å². The third-order valence-corrected chi connectivity index (χ3v) is 2.18. The first-order chi connectivity index (χ1) is 8.16. The lowest BCUT2D eigenvalue weighted by atomic mass is 10.3. The average Bonchev–Trinajstić information content (AvgIpc) is 2.33. The van der Waals surface area contributed by atoms with Gasteiger partial charge in [0.2, 0.25) is 0 Å². The van der Waals surface area contributed by atoms with Crippen LogP contribution in [0.1, 0.15) is 5.69 Å². The summed E-state index contributed by atoms with van der Waals surface area (Å²) >= 11 is 0. The van der Waals surface area contributed by atoms with Gasteiger partial charge in [0.15, 0.2) is 11.4 Å². The number of aromatic nitrogens is 1. The first-order valence-corrected chi connectivity index (χ1v) is 5.02. The zero-order chi connectivity index (χ0) is 12.3. The molecule has 1 aromatic carbocycles. The van der Waals surface area contributed by atoms with Gasteiger partial charge in [-0.05, 0) is 28.1 Å². The highest BCUT2D eigenvalue weighted by Gasteiger charge is 2.12. The molecule has 17 heavy (non-hydrogen) atoms. The van der Waals surface area contributed by atoms with Gasteiger partial charge in [-0.3, -0.25) is 0 Å². The molecule has 0 saturated carbocycles. The molecule has 0 spiro atoms. The van der Waals surface area contributed by atoms with Crippen LogP contribution < -0.4 is 4.74 Å². The number of benzene rings is 1. The smallest absolute Gasteiger partial charge is 0.363 e. The number of pyridine rings is 1. The number of para-hydroxylation sites is 1. The highest BCUT2D eigenvalue weighted by molar-refractivity contribution is 5.37. The summed E-state index contributed by atoms with van der Waals surface area (Å²) in [5, 5.41) is 10.5. The van der Waals surface area contributed by atoms with Crippen LogP contribution in [0.3, 0.4) is 0 Å². The molecule has 0 aliphatic heterocycles. The van der Waals surface area contributed by atoms with E-state index in [2.05, 4.69) is 4.98 Å². The van der Waals surface area contributed by atoms with Crippen LogP contribution in [-0.2, 0) is 0 Å². The van der Waals surface area contributed by atoms with Crippen molar-refractivity contribution in [1.82, 2.24) is 4.98 Å². The molecule has 0 N–H and O–H groups in total. The van der Waals surface area contributed by atoms with Gasteiger partial charge in [-0.2, -0.15) is 0 Å². The minimum Gasteiger partial charge on any atom is -0.453 e. The van der Waals surface area contributed by atoms with E-state index in [1.54, 1.807) is 25.1 Å². The molecule has 2 rings (SSSR count). The SMILES string of the molecule is Cc1nc([N+](=O)[O-])ccc1Oc1ccccc1. The molecule has 86 valence electrons. The third kappa shape index (κ3) is 2.57. The zero-order valence-electron chi connectivity index (χ0n) is 9.16. The van der Waals surface area contributed by atoms with Crippen LogP contribution in [-0.4, -0.2) is 9.91 Å². The maximum absolute atomic E-state index is 10.5. The summed E-state index contributed by atoms with van der Waals surface area (Å²) in [6.07, 6.45) is 0. The van der Waals surface area contributed by atoms with Crippen molar-refractivity contribution in [1.29, 1.82) is 0 Å². The first-order valence-electron chi connectivity index (χ1n) is 5.02. The van der Waals surface area contributed by atoms with Gasteiger partial charge < -0.3 is 14.9 Å². The van der Waals surface area contributed by atoms with Gasteiger partial charge in [0.25, 0.3) is 0 Å². The van der Waals surface area contributed by atoms with Gasteiger partial charge in [0, 0.05) is 13.0 Å². The van der Waals surface area contributed by atoms with Crippen molar-refractivity contribution in [3.05, 3.63) is 58.3 Å². The molecule has 0 aliphatic carbocycles. The van der Waals surface area contributed by atoms with Gasteiger partial charge in [0.05, 0.1) is 0 Å². The number of nitrogens with zero attached hydrogens (tertiary/aromatic N) is 2. The standard InChI is InChI=1S/C12H10N2O3/c1-9-11(7-8-12(13-9)14(15)16)17-10-5-3-2-4-6-10/h2-8H,1H3. The molecule has 0 aliphatic rings. The van der Waals surface area contributed by atoms with Crippen molar-refractivity contribution >= 4 is 5.82 Å². The average molecular weight is 230 g/mol. The Morgan fingerprint density at radius 3 is 2.47 bits per heavy atom. The molecule has 5 heteroatoms. The van der Waals surface area contributed by atoms with Crippen molar-refractivity contribution in [2.24, 2.45) is 0 Å². The molecular formula is C12H10N2O3. The molecule has 0 amide bonds. The summed E-state index contributed by atoms with van der Waals surface area (Å²) in [5.41, 5.74) is 0.489. The minimum atomic E-state index is -0.528. The summed E-state index contributed by atoms with van der Waals surface area (Å²) in [5.74, 6) is 1.01. The van der Waals surface area contributed by atoms with Crippen LogP contribution in [0.5, 0.6) is 11.5 Å². The number of rotatable bonds is 3. The van der Waals surface area contributed by atoms with E-state index < -0.39 is 4.92 Å². The molecule has 0 radical (unpaired) electrons. The summed E-state index contributed by atoms with van der Waals surface area (Å²) in [6.45, 7) is 1.67. The van der Waals surface area contributed by atoms with Gasteiger partial charge in [-0.25, -0.2) is 0 Å². The number of hydrogen-bond donors (Lipinski definition) is 0. The fourth-order valence-electron chi connectivity index (χ4n) is 1.36. The molecule has 1 aromatic heterocycles. The third-order valence-electron chi connectivity index (χ3n) is 2.18. The largest absolute Gasteiger partial charge is 0.453 e. The highest BCUT2D eigenvalue weighted by Crippen LogP contribution is 2.25. The summed E-state index contributed by atoms with van der Waals surface area (Å²) in [7, 11) is 0. The Hall–Kier alpha value is -2.43. The van der Waals surface area contributed by atoms with Crippen LogP contribution in [0.4, 0.5) is 5.82 Å². The Morgan fingerprint density at radius 1 is 1.18 bits per heavy atom. The number of hydrogen-bond acceptors (Lipinski definition) is 4. The predicted molar refractivity (Wildman–Crippen MR) is 62.1 cm³/mol. The number of aryl methyl sites for hydroxylation is 1. The molecule has 1 heterocycles. The van der Waals surface area contributed by atoms with Gasteiger partial charge in [-0.15, -0.1) is 0 Å². The van der Waals surface area contributed by atoms with Crippen molar-refractivity contribution in [2.75, 3.05) is 0 Å². The van der Waals surface area contributed by atoms with Crippen molar-refractivity contribution < 1.29 is 9.66 Å². The van der Waals surface area contributed by atoms with E-state index in [1.807, 2.05) is 18.2 Å². The lowest BCUT2D eigenvalue weighted by Crippen LogP contribution is -1.96. The monoisotopic (exact) mass is 230 g/mol. The van der Waals surface area contributed by atoms with E-state index in [9.17, 15) is 10.1 Å². The van der Waals surface area contributed by atoms with E-state index in [4.69, 9.17) is 4.74 Å². The zero-order valence-corrected chi connectivity index (χ0v) is 9.16. The van der Waals surface area contributed by atoms with Gasteiger partial charge in [-0.1, -0.05) is 18.2 Å². The second-order valence-corrected chi connectivity index (χ2v) is 3.43. The Bertz CT molecular complexity index is 541. The Balaban J connectivity index is 2.26. The molecule has 0 fully saturated rings. The number of nitro groups is 1. The Labute approximate surface area is 97.8 Å². The molecule has 5 nitrogen and oxygen atoms in total. The van der Waals surface area contributed by atoms with E-state index in [1.165, 1.54) is 6.07 Å². The lowest BCUT2D eigenvalue weighted by molar-refractivity contribution is -0.389. The minimum absolute atomic E-state index is 0.178. The lowest BCUT2D eigenvalue weighted by Gasteiger charge is -2.05. The second-order valence-electron chi connectivity index (χ2n) is 3.43. The van der Waals surface area contributed by atoms with E-state index in [0.29, 0.717) is 17.2 Å². The maximum Gasteiger partial charge on any atom is 0.363 e. The molecule has 0 atom stereocenters. The Morgan fingerprint density at radius 2 is 1.88 bits per heavy atom. The van der Waals surface area contributed by atoms with Gasteiger partial charge in [0.1, 0.15) is 5.75 Å². The van der Waals surface area contributed by atoms with E-state index >= 15 is 0 Å². The van der Waals surface area contributed by atoms with Crippen molar-refractivity contribution in [3.63, 3.8) is 0 Å². The second kappa shape index (κ2) is 4.61.